The Morgan fingerprint density at radius 2 is 2.10 bits per heavy atom. The summed E-state index contributed by atoms with van der Waals surface area (Å²) in [6.45, 7) is 5.97. The van der Waals surface area contributed by atoms with Crippen LogP contribution in [0.25, 0.3) is 0 Å². The number of thiazole rings is 1. The van der Waals surface area contributed by atoms with E-state index in [1.807, 2.05) is 26.2 Å². The lowest BCUT2D eigenvalue weighted by Gasteiger charge is -2.13. The summed E-state index contributed by atoms with van der Waals surface area (Å²) in [6.07, 6.45) is 1.71. The molecule has 2 aromatic rings. The van der Waals surface area contributed by atoms with Crippen LogP contribution in [-0.4, -0.2) is 14.5 Å². The Bertz CT molecular complexity index is 703. The van der Waals surface area contributed by atoms with Crippen molar-refractivity contribution in [2.24, 2.45) is 0 Å². The van der Waals surface area contributed by atoms with Crippen molar-refractivity contribution in [3.05, 3.63) is 48.1 Å². The number of nitrogens with one attached hydrogen (secondary N) is 1. The fourth-order valence-corrected chi connectivity index (χ4v) is 3.13. The van der Waals surface area contributed by atoms with Crippen LogP contribution in [0.15, 0.2) is 21.2 Å². The minimum absolute atomic E-state index is 0.00464. The largest absolute Gasteiger partial charge is 0.329 e. The first-order valence-electron chi connectivity index (χ1n) is 6.33. The minimum Gasteiger partial charge on any atom is -0.297 e. The van der Waals surface area contributed by atoms with Gasteiger partial charge in [0.25, 0.3) is 5.56 Å². The van der Waals surface area contributed by atoms with E-state index in [4.69, 9.17) is 11.6 Å². The van der Waals surface area contributed by atoms with Crippen LogP contribution in [-0.2, 0) is 6.54 Å². The fourth-order valence-electron chi connectivity index (χ4n) is 2.06. The van der Waals surface area contributed by atoms with Gasteiger partial charge in [-0.15, -0.1) is 11.3 Å². The highest BCUT2D eigenvalue weighted by molar-refractivity contribution is 7.09. The summed E-state index contributed by atoms with van der Waals surface area (Å²) < 4.78 is 1.20. The Kier molecular flexibility index (Phi) is 4.45. The molecule has 0 bridgehead atoms. The second-order valence-corrected chi connectivity index (χ2v) is 6.30. The molecule has 0 spiro atoms. The predicted molar refractivity (Wildman–Crippen MR) is 81.0 cm³/mol. The van der Waals surface area contributed by atoms with Gasteiger partial charge in [0.1, 0.15) is 5.15 Å². The maximum atomic E-state index is 12.4. The number of aromatic nitrogens is 3. The van der Waals surface area contributed by atoms with Crippen LogP contribution >= 0.6 is 22.9 Å². The third-order valence-corrected chi connectivity index (χ3v) is 4.39. The Balaban J connectivity index is 2.45. The number of hydrogen-bond donors (Lipinski definition) is 1. The van der Waals surface area contributed by atoms with Crippen LogP contribution in [0.3, 0.4) is 0 Å². The topological polar surface area (TPSA) is 67.8 Å². The number of rotatable bonds is 4. The van der Waals surface area contributed by atoms with Crippen molar-refractivity contribution in [2.45, 2.75) is 39.2 Å². The van der Waals surface area contributed by atoms with Crippen molar-refractivity contribution in [3.63, 3.8) is 0 Å². The Hall–Kier alpha value is -1.40. The summed E-state index contributed by atoms with van der Waals surface area (Å²) in [6, 6.07) is 0. The van der Waals surface area contributed by atoms with Gasteiger partial charge in [-0.1, -0.05) is 32.4 Å². The zero-order chi connectivity index (χ0) is 14.9. The average molecular weight is 314 g/mol. The van der Waals surface area contributed by atoms with Gasteiger partial charge in [-0.2, -0.15) is 0 Å². The number of halogens is 1. The molecule has 0 fully saturated rings. The molecule has 0 radical (unpaired) electrons. The monoisotopic (exact) mass is 313 g/mol. The molecule has 0 aliphatic heterocycles. The van der Waals surface area contributed by atoms with E-state index in [9.17, 15) is 9.59 Å². The van der Waals surface area contributed by atoms with Gasteiger partial charge >= 0.3 is 5.69 Å². The molecule has 0 saturated carbocycles. The lowest BCUT2D eigenvalue weighted by Crippen LogP contribution is -2.38. The molecule has 5 nitrogen and oxygen atoms in total. The summed E-state index contributed by atoms with van der Waals surface area (Å²) in [4.78, 5) is 31.1. The molecule has 2 aromatic heterocycles. The average Bonchev–Trinajstić information content (AvgIpc) is 2.87. The van der Waals surface area contributed by atoms with Gasteiger partial charge < -0.3 is 0 Å². The first-order chi connectivity index (χ1) is 9.41. The molecule has 7 heteroatoms. The smallest absolute Gasteiger partial charge is 0.297 e. The molecule has 1 N–H and O–H groups in total. The van der Waals surface area contributed by atoms with E-state index in [-0.39, 0.29) is 22.5 Å². The number of nitrogens with zero attached hydrogens (tertiary/aromatic N) is 2. The summed E-state index contributed by atoms with van der Waals surface area (Å²) in [5.41, 5.74) is -0.359. The first-order valence-corrected chi connectivity index (χ1v) is 7.59. The molecule has 1 atom stereocenters. The van der Waals surface area contributed by atoms with Gasteiger partial charge in [-0.3, -0.25) is 14.3 Å². The maximum Gasteiger partial charge on any atom is 0.329 e. The Morgan fingerprint density at radius 1 is 1.40 bits per heavy atom. The molecule has 0 amide bonds. The van der Waals surface area contributed by atoms with E-state index in [1.165, 1.54) is 15.9 Å². The normalized spacial score (nSPS) is 12.8. The summed E-state index contributed by atoms with van der Waals surface area (Å²) in [5, 5.41) is 2.91. The minimum atomic E-state index is -0.479. The van der Waals surface area contributed by atoms with Gasteiger partial charge in [-0.25, -0.2) is 9.78 Å². The van der Waals surface area contributed by atoms with E-state index >= 15 is 0 Å². The van der Waals surface area contributed by atoms with Crippen molar-refractivity contribution < 1.29 is 0 Å². The first kappa shape index (κ1) is 15.0. The van der Waals surface area contributed by atoms with Crippen molar-refractivity contribution in [1.29, 1.82) is 0 Å². The zero-order valence-corrected chi connectivity index (χ0v) is 13.1. The van der Waals surface area contributed by atoms with Crippen LogP contribution in [0.5, 0.6) is 0 Å². The van der Waals surface area contributed by atoms with E-state index in [2.05, 4.69) is 9.97 Å². The molecule has 0 aromatic carbocycles. The van der Waals surface area contributed by atoms with Gasteiger partial charge in [0.05, 0.1) is 10.6 Å². The number of aromatic amines is 1. The second kappa shape index (κ2) is 5.93. The molecule has 0 aliphatic carbocycles. The van der Waals surface area contributed by atoms with Crippen molar-refractivity contribution in [3.8, 4) is 0 Å². The number of hydrogen-bond acceptors (Lipinski definition) is 4. The second-order valence-electron chi connectivity index (χ2n) is 5.00. The summed E-state index contributed by atoms with van der Waals surface area (Å²) >= 11 is 7.47. The molecular weight excluding hydrogens is 298 g/mol. The molecular formula is C13H16ClN3O2S. The molecule has 0 saturated heterocycles. The van der Waals surface area contributed by atoms with E-state index in [1.54, 1.807) is 6.20 Å². The zero-order valence-electron chi connectivity index (χ0n) is 11.5. The quantitative estimate of drug-likeness (QED) is 0.882. The van der Waals surface area contributed by atoms with Crippen molar-refractivity contribution >= 4 is 22.9 Å². The Labute approximate surface area is 125 Å². The van der Waals surface area contributed by atoms with Crippen LogP contribution in [0.2, 0.25) is 5.15 Å². The Morgan fingerprint density at radius 3 is 2.65 bits per heavy atom. The van der Waals surface area contributed by atoms with Crippen molar-refractivity contribution in [1.82, 2.24) is 14.5 Å². The lowest BCUT2D eigenvalue weighted by molar-refractivity contribution is 0.544. The van der Waals surface area contributed by atoms with E-state index < -0.39 is 5.69 Å². The van der Waals surface area contributed by atoms with Gasteiger partial charge in [0.2, 0.25) is 0 Å². The third-order valence-electron chi connectivity index (χ3n) is 3.08. The van der Waals surface area contributed by atoms with Crippen LogP contribution in [0.1, 0.15) is 43.2 Å². The van der Waals surface area contributed by atoms with E-state index in [0.29, 0.717) is 12.1 Å². The van der Waals surface area contributed by atoms with Crippen LogP contribution in [0, 0.1) is 0 Å². The van der Waals surface area contributed by atoms with E-state index in [0.717, 1.165) is 5.01 Å². The standard InChI is InChI=1S/C13H16ClN3O2S/c1-7(2)9-10(14)16-13(19)17(12(9)18)6-8(3)11-15-4-5-20-11/h4-5,7-8H,6H2,1-3H3,(H,16,19). The molecule has 0 aliphatic rings. The highest BCUT2D eigenvalue weighted by Crippen LogP contribution is 2.20. The fraction of sp³-hybridized carbons (Fsp3) is 0.462. The summed E-state index contributed by atoms with van der Waals surface area (Å²) in [7, 11) is 0. The highest BCUT2D eigenvalue weighted by atomic mass is 35.5. The van der Waals surface area contributed by atoms with Gasteiger partial charge in [0, 0.05) is 24.0 Å². The molecule has 2 heterocycles. The lowest BCUT2D eigenvalue weighted by atomic mass is 10.1. The van der Waals surface area contributed by atoms with Crippen LogP contribution in [0.4, 0.5) is 0 Å². The van der Waals surface area contributed by atoms with Gasteiger partial charge in [0.15, 0.2) is 0 Å². The van der Waals surface area contributed by atoms with Crippen LogP contribution < -0.4 is 11.2 Å². The maximum absolute atomic E-state index is 12.4. The summed E-state index contributed by atoms with van der Waals surface area (Å²) in [5.74, 6) is -0.0525. The number of H-pyrrole nitrogens is 1. The predicted octanol–water partition coefficient (Wildman–Crippen LogP) is 2.57. The molecule has 108 valence electrons. The molecule has 1 unspecified atom stereocenters. The van der Waals surface area contributed by atoms with Gasteiger partial charge in [-0.05, 0) is 5.92 Å². The van der Waals surface area contributed by atoms with Crippen molar-refractivity contribution in [2.75, 3.05) is 0 Å². The SMILES string of the molecule is CC(C)c1c(Cl)[nH]c(=O)n(CC(C)c2nccs2)c1=O. The highest BCUT2D eigenvalue weighted by Gasteiger charge is 2.18. The molecule has 20 heavy (non-hydrogen) atoms. The third kappa shape index (κ3) is 2.86. The molecule has 2 rings (SSSR count).